The van der Waals surface area contributed by atoms with Crippen LogP contribution in [0.25, 0.3) is 0 Å². The predicted octanol–water partition coefficient (Wildman–Crippen LogP) is 1.21. The maximum Gasteiger partial charge on any atom is 0.325 e. The van der Waals surface area contributed by atoms with Crippen LogP contribution in [0.2, 0.25) is 0 Å². The molecule has 27 heavy (non-hydrogen) atoms. The molecule has 2 aromatic heterocycles. The third kappa shape index (κ3) is 4.57. The van der Waals surface area contributed by atoms with Crippen molar-refractivity contribution in [3.8, 4) is 0 Å². The van der Waals surface area contributed by atoms with Crippen molar-refractivity contribution in [2.24, 2.45) is 7.05 Å². The molecule has 10 heteroatoms. The quantitative estimate of drug-likeness (QED) is 0.599. The van der Waals surface area contributed by atoms with Gasteiger partial charge in [-0.3, -0.25) is 23.7 Å². The van der Waals surface area contributed by atoms with Gasteiger partial charge in [-0.15, -0.1) is 0 Å². The Bertz CT molecular complexity index is 989. The number of aromatic nitrogens is 4. The van der Waals surface area contributed by atoms with Crippen LogP contribution in [0.4, 0.5) is 11.4 Å². The number of aryl methyl sites for hydroxylation is 1. The summed E-state index contributed by atoms with van der Waals surface area (Å²) in [6.45, 7) is -0.321. The number of benzene rings is 1. The van der Waals surface area contributed by atoms with Gasteiger partial charge >= 0.3 is 5.97 Å². The summed E-state index contributed by atoms with van der Waals surface area (Å²) in [7, 11) is 1.72. The van der Waals surface area contributed by atoms with Gasteiger partial charge in [-0.25, -0.2) is 0 Å². The predicted molar refractivity (Wildman–Crippen MR) is 95.4 cm³/mol. The molecule has 3 N–H and O–H groups in total. The van der Waals surface area contributed by atoms with Crippen LogP contribution in [0.5, 0.6) is 0 Å². The molecule has 0 saturated carbocycles. The highest BCUT2D eigenvalue weighted by Gasteiger charge is 2.12. The third-order valence-corrected chi connectivity index (χ3v) is 3.52. The smallest absolute Gasteiger partial charge is 0.325 e. The summed E-state index contributed by atoms with van der Waals surface area (Å²) >= 11 is 0. The molecule has 3 aromatic rings. The van der Waals surface area contributed by atoms with Gasteiger partial charge in [-0.2, -0.15) is 10.2 Å². The molecule has 0 bridgehead atoms. The van der Waals surface area contributed by atoms with Crippen LogP contribution in [-0.2, 0) is 18.4 Å². The van der Waals surface area contributed by atoms with Crippen LogP contribution < -0.4 is 10.6 Å². The van der Waals surface area contributed by atoms with Gasteiger partial charge in [0.1, 0.15) is 6.54 Å². The maximum atomic E-state index is 12.1. The van der Waals surface area contributed by atoms with Crippen molar-refractivity contribution in [3.63, 3.8) is 0 Å². The lowest BCUT2D eigenvalue weighted by atomic mass is 10.2. The summed E-state index contributed by atoms with van der Waals surface area (Å²) in [6.07, 6.45) is 3.09. The highest BCUT2D eigenvalue weighted by atomic mass is 16.4. The van der Waals surface area contributed by atoms with Crippen LogP contribution >= 0.6 is 0 Å². The van der Waals surface area contributed by atoms with Crippen LogP contribution in [-0.4, -0.2) is 42.5 Å². The Labute approximate surface area is 153 Å². The molecule has 3 rings (SSSR count). The average Bonchev–Trinajstić information content (AvgIpc) is 3.25. The van der Waals surface area contributed by atoms with E-state index in [0.717, 1.165) is 4.68 Å². The number of carbonyl (C=O) groups is 3. The average molecular weight is 368 g/mol. The van der Waals surface area contributed by atoms with E-state index in [9.17, 15) is 14.4 Å². The molecule has 138 valence electrons. The topological polar surface area (TPSA) is 131 Å². The summed E-state index contributed by atoms with van der Waals surface area (Å²) in [4.78, 5) is 34.8. The van der Waals surface area contributed by atoms with E-state index in [1.807, 2.05) is 0 Å². The van der Waals surface area contributed by atoms with Crippen molar-refractivity contribution in [3.05, 3.63) is 60.2 Å². The molecule has 0 unspecified atom stereocenters. The molecule has 0 fully saturated rings. The number of anilines is 2. The largest absolute Gasteiger partial charge is 0.480 e. The van der Waals surface area contributed by atoms with Crippen LogP contribution in [0, 0.1) is 0 Å². The Balaban J connectivity index is 1.60. The van der Waals surface area contributed by atoms with Gasteiger partial charge < -0.3 is 15.7 Å². The number of carboxylic acids is 1. The zero-order valence-electron chi connectivity index (χ0n) is 14.3. The second kappa shape index (κ2) is 7.52. The Morgan fingerprint density at radius 3 is 1.89 bits per heavy atom. The van der Waals surface area contributed by atoms with E-state index in [1.54, 1.807) is 43.6 Å². The number of amides is 2. The third-order valence-electron chi connectivity index (χ3n) is 3.52. The van der Waals surface area contributed by atoms with Gasteiger partial charge in [0.15, 0.2) is 11.4 Å². The molecule has 0 saturated heterocycles. The number of carboxylic acid groups (broad SMARTS) is 1. The highest BCUT2D eigenvalue weighted by Crippen LogP contribution is 2.15. The van der Waals surface area contributed by atoms with Crippen LogP contribution in [0.1, 0.15) is 21.0 Å². The van der Waals surface area contributed by atoms with Crippen molar-refractivity contribution in [1.29, 1.82) is 0 Å². The summed E-state index contributed by atoms with van der Waals surface area (Å²) in [5.41, 5.74) is 1.45. The van der Waals surface area contributed by atoms with Gasteiger partial charge in [-0.1, -0.05) is 0 Å². The molecule has 0 radical (unpaired) electrons. The zero-order valence-corrected chi connectivity index (χ0v) is 14.3. The lowest BCUT2D eigenvalue weighted by Gasteiger charge is -2.06. The molecule has 0 spiro atoms. The number of hydrogen-bond acceptors (Lipinski definition) is 5. The maximum absolute atomic E-state index is 12.1. The van der Waals surface area contributed by atoms with E-state index in [4.69, 9.17) is 5.11 Å². The Morgan fingerprint density at radius 1 is 0.889 bits per heavy atom. The number of nitrogens with one attached hydrogen (secondary N) is 2. The fraction of sp³-hybridized carbons (Fsp3) is 0.118. The number of rotatable bonds is 6. The molecule has 0 aliphatic heterocycles. The molecular weight excluding hydrogens is 352 g/mol. The van der Waals surface area contributed by atoms with Crippen LogP contribution in [0.15, 0.2) is 48.8 Å². The second-order valence-electron chi connectivity index (χ2n) is 5.65. The minimum Gasteiger partial charge on any atom is -0.480 e. The molecule has 2 heterocycles. The van der Waals surface area contributed by atoms with Gasteiger partial charge in [0.25, 0.3) is 11.8 Å². The summed E-state index contributed by atoms with van der Waals surface area (Å²) < 4.78 is 2.69. The van der Waals surface area contributed by atoms with Crippen LogP contribution in [0.3, 0.4) is 0 Å². The van der Waals surface area contributed by atoms with E-state index < -0.39 is 11.9 Å². The minimum absolute atomic E-state index is 0.101. The summed E-state index contributed by atoms with van der Waals surface area (Å²) in [5, 5.41) is 22.0. The number of aliphatic carboxylic acids is 1. The lowest BCUT2D eigenvalue weighted by Crippen LogP contribution is -2.15. The van der Waals surface area contributed by atoms with E-state index in [2.05, 4.69) is 20.8 Å². The number of nitrogens with zero attached hydrogens (tertiary/aromatic N) is 4. The Morgan fingerprint density at radius 2 is 1.41 bits per heavy atom. The summed E-state index contributed by atoms with van der Waals surface area (Å²) in [6, 6.07) is 9.56. The number of hydrogen-bond donors (Lipinski definition) is 3. The van der Waals surface area contributed by atoms with Gasteiger partial charge in [0, 0.05) is 30.8 Å². The molecule has 1 aromatic carbocycles. The first-order valence-electron chi connectivity index (χ1n) is 7.88. The number of carbonyl (C=O) groups excluding carboxylic acids is 2. The second-order valence-corrected chi connectivity index (χ2v) is 5.65. The highest BCUT2D eigenvalue weighted by molar-refractivity contribution is 6.04. The zero-order chi connectivity index (χ0) is 19.4. The fourth-order valence-corrected chi connectivity index (χ4v) is 2.27. The van der Waals surface area contributed by atoms with Crippen molar-refractivity contribution in [2.45, 2.75) is 6.54 Å². The molecular formula is C17H16N6O4. The molecule has 0 atom stereocenters. The van der Waals surface area contributed by atoms with Gasteiger partial charge in [-0.05, 0) is 36.4 Å². The normalized spacial score (nSPS) is 10.4. The monoisotopic (exact) mass is 368 g/mol. The first kappa shape index (κ1) is 17.9. The van der Waals surface area contributed by atoms with Crippen molar-refractivity contribution in [1.82, 2.24) is 19.6 Å². The SMILES string of the molecule is Cn1ccc(C(=O)Nc2ccc(NC(=O)c3ccn(CC(=O)O)n3)cc2)n1. The first-order chi connectivity index (χ1) is 12.9. The van der Waals surface area contributed by atoms with Crippen molar-refractivity contribution >= 4 is 29.2 Å². The first-order valence-corrected chi connectivity index (χ1v) is 7.88. The van der Waals surface area contributed by atoms with Gasteiger partial charge in [0.05, 0.1) is 0 Å². The molecule has 0 aliphatic carbocycles. The van der Waals surface area contributed by atoms with E-state index in [0.29, 0.717) is 17.1 Å². The minimum atomic E-state index is -1.05. The Hall–Kier alpha value is -3.95. The molecule has 2 amide bonds. The van der Waals surface area contributed by atoms with E-state index in [-0.39, 0.29) is 18.1 Å². The lowest BCUT2D eigenvalue weighted by molar-refractivity contribution is -0.137. The molecule has 10 nitrogen and oxygen atoms in total. The van der Waals surface area contributed by atoms with E-state index in [1.165, 1.54) is 16.9 Å². The van der Waals surface area contributed by atoms with Gasteiger partial charge in [0.2, 0.25) is 0 Å². The van der Waals surface area contributed by atoms with E-state index >= 15 is 0 Å². The van der Waals surface area contributed by atoms with Crippen molar-refractivity contribution < 1.29 is 19.5 Å². The fourth-order valence-electron chi connectivity index (χ4n) is 2.27. The Kier molecular flexibility index (Phi) is 4.97. The van der Waals surface area contributed by atoms with Crippen molar-refractivity contribution in [2.75, 3.05) is 10.6 Å². The standard InChI is InChI=1S/C17H16N6O4/c1-22-8-6-13(20-22)16(26)18-11-2-4-12(5-3-11)19-17(27)14-7-9-23(21-14)10-15(24)25/h2-9H,10H2,1H3,(H,18,26)(H,19,27)(H,24,25). The summed E-state index contributed by atoms with van der Waals surface area (Å²) in [5.74, 6) is -1.85. The molecule has 0 aliphatic rings.